The molecule has 162 valence electrons. The molecule has 0 radical (unpaired) electrons. The third-order valence-electron chi connectivity index (χ3n) is 4.82. The Balaban J connectivity index is 1.63. The van der Waals surface area contributed by atoms with Crippen molar-refractivity contribution in [1.29, 1.82) is 0 Å². The number of hydrogen-bond donors (Lipinski definition) is 2. The first kappa shape index (κ1) is 22.4. The fourth-order valence-corrected chi connectivity index (χ4v) is 3.81. The molecule has 0 bridgehead atoms. The highest BCUT2D eigenvalue weighted by Gasteiger charge is 2.21. The SMILES string of the molecule is CCc1ccccc1NC(=O)N(Cc1nc(C(=O)NCc2ccncc2)cs1)C(C)C. The van der Waals surface area contributed by atoms with Gasteiger partial charge < -0.3 is 15.5 Å². The van der Waals surface area contributed by atoms with Crippen LogP contribution in [-0.4, -0.2) is 32.8 Å². The third kappa shape index (κ3) is 6.11. The van der Waals surface area contributed by atoms with E-state index in [1.165, 1.54) is 11.3 Å². The van der Waals surface area contributed by atoms with Crippen LogP contribution >= 0.6 is 11.3 Å². The van der Waals surface area contributed by atoms with Crippen LogP contribution in [0.15, 0.2) is 54.2 Å². The highest BCUT2D eigenvalue weighted by molar-refractivity contribution is 7.09. The number of benzene rings is 1. The number of amides is 3. The molecule has 3 rings (SSSR count). The first-order chi connectivity index (χ1) is 15.0. The van der Waals surface area contributed by atoms with Crippen LogP contribution in [0.25, 0.3) is 0 Å². The van der Waals surface area contributed by atoms with Gasteiger partial charge >= 0.3 is 6.03 Å². The van der Waals surface area contributed by atoms with Gasteiger partial charge in [-0.05, 0) is 49.6 Å². The van der Waals surface area contributed by atoms with E-state index in [1.54, 1.807) is 22.7 Å². The summed E-state index contributed by atoms with van der Waals surface area (Å²) < 4.78 is 0. The minimum absolute atomic E-state index is 0.0262. The van der Waals surface area contributed by atoms with E-state index >= 15 is 0 Å². The second-order valence-electron chi connectivity index (χ2n) is 7.33. The number of urea groups is 1. The van der Waals surface area contributed by atoms with Crippen LogP contribution in [0.3, 0.4) is 0 Å². The monoisotopic (exact) mass is 437 g/mol. The Morgan fingerprint density at radius 3 is 2.58 bits per heavy atom. The Bertz CT molecular complexity index is 1020. The van der Waals surface area contributed by atoms with Gasteiger partial charge in [-0.1, -0.05) is 25.1 Å². The molecular formula is C23H27N5O2S. The molecule has 3 amide bonds. The Labute approximate surface area is 186 Å². The molecule has 0 aliphatic rings. The number of carbonyl (C=O) groups excluding carboxylic acids is 2. The molecule has 0 atom stereocenters. The standard InChI is InChI=1S/C23H27N5O2S/c1-4-18-7-5-6-8-19(18)27-23(30)28(16(2)3)14-21-26-20(15-31-21)22(29)25-13-17-9-11-24-12-10-17/h5-12,15-16H,4,13-14H2,1-3H3,(H,25,29)(H,27,30). The maximum absolute atomic E-state index is 12.9. The lowest BCUT2D eigenvalue weighted by atomic mass is 10.1. The topological polar surface area (TPSA) is 87.2 Å². The normalized spacial score (nSPS) is 10.7. The van der Waals surface area contributed by atoms with Gasteiger partial charge in [-0.15, -0.1) is 11.3 Å². The first-order valence-electron chi connectivity index (χ1n) is 10.2. The summed E-state index contributed by atoms with van der Waals surface area (Å²) in [6.45, 7) is 6.72. The van der Waals surface area contributed by atoms with Crippen LogP contribution < -0.4 is 10.6 Å². The van der Waals surface area contributed by atoms with Gasteiger partial charge in [0.25, 0.3) is 5.91 Å². The molecule has 7 nitrogen and oxygen atoms in total. The van der Waals surface area contributed by atoms with E-state index in [1.807, 2.05) is 50.2 Å². The van der Waals surface area contributed by atoms with Gasteiger partial charge in [0.1, 0.15) is 10.7 Å². The maximum atomic E-state index is 12.9. The molecule has 2 heterocycles. The molecule has 2 N–H and O–H groups in total. The number of thiazole rings is 1. The van der Waals surface area contributed by atoms with Crippen molar-refractivity contribution in [3.63, 3.8) is 0 Å². The highest BCUT2D eigenvalue weighted by atomic mass is 32.1. The molecule has 0 saturated carbocycles. The summed E-state index contributed by atoms with van der Waals surface area (Å²) in [5.41, 5.74) is 3.22. The second kappa shape index (κ2) is 10.7. The van der Waals surface area contributed by atoms with Crippen molar-refractivity contribution in [2.75, 3.05) is 5.32 Å². The van der Waals surface area contributed by atoms with Crippen LogP contribution in [0, 0.1) is 0 Å². The molecule has 2 aromatic heterocycles. The Hall–Kier alpha value is -3.26. The van der Waals surface area contributed by atoms with Gasteiger partial charge in [-0.2, -0.15) is 0 Å². The van der Waals surface area contributed by atoms with E-state index in [2.05, 4.69) is 27.5 Å². The number of hydrogen-bond acceptors (Lipinski definition) is 5. The van der Waals surface area contributed by atoms with Gasteiger partial charge in [0.05, 0.1) is 6.54 Å². The quantitative estimate of drug-likeness (QED) is 0.544. The average molecular weight is 438 g/mol. The van der Waals surface area contributed by atoms with Crippen LogP contribution in [-0.2, 0) is 19.5 Å². The highest BCUT2D eigenvalue weighted by Crippen LogP contribution is 2.19. The number of nitrogens with one attached hydrogen (secondary N) is 2. The fraction of sp³-hybridized carbons (Fsp3) is 0.304. The number of nitrogens with zero attached hydrogens (tertiary/aromatic N) is 3. The molecule has 31 heavy (non-hydrogen) atoms. The number of rotatable bonds is 8. The largest absolute Gasteiger partial charge is 0.347 e. The van der Waals surface area contributed by atoms with Crippen molar-refractivity contribution in [3.05, 3.63) is 76.0 Å². The Morgan fingerprint density at radius 2 is 1.87 bits per heavy atom. The van der Waals surface area contributed by atoms with Gasteiger partial charge in [0.15, 0.2) is 0 Å². The lowest BCUT2D eigenvalue weighted by Crippen LogP contribution is -2.39. The molecule has 0 unspecified atom stereocenters. The van der Waals surface area contributed by atoms with E-state index in [4.69, 9.17) is 0 Å². The lowest BCUT2D eigenvalue weighted by Gasteiger charge is -2.26. The minimum atomic E-state index is -0.239. The molecule has 1 aromatic carbocycles. The summed E-state index contributed by atoms with van der Waals surface area (Å²) in [6, 6.07) is 11.3. The Morgan fingerprint density at radius 1 is 1.13 bits per heavy atom. The zero-order valence-electron chi connectivity index (χ0n) is 18.0. The van der Waals surface area contributed by atoms with Crippen LogP contribution in [0.4, 0.5) is 10.5 Å². The average Bonchev–Trinajstić information content (AvgIpc) is 3.25. The van der Waals surface area contributed by atoms with E-state index < -0.39 is 0 Å². The zero-order valence-corrected chi connectivity index (χ0v) is 18.8. The third-order valence-corrected chi connectivity index (χ3v) is 5.65. The number of aromatic nitrogens is 2. The molecule has 0 aliphatic carbocycles. The predicted octanol–water partition coefficient (Wildman–Crippen LogP) is 4.47. The molecule has 3 aromatic rings. The molecule has 0 fully saturated rings. The van der Waals surface area contributed by atoms with Crippen LogP contribution in [0.2, 0.25) is 0 Å². The molecule has 8 heteroatoms. The van der Waals surface area contributed by atoms with Crippen LogP contribution in [0.1, 0.15) is 47.4 Å². The maximum Gasteiger partial charge on any atom is 0.322 e. The van der Waals surface area contributed by atoms with Crippen molar-refractivity contribution in [2.45, 2.75) is 46.3 Å². The summed E-state index contributed by atoms with van der Waals surface area (Å²) in [5.74, 6) is -0.239. The van der Waals surface area contributed by atoms with E-state index in [0.29, 0.717) is 23.8 Å². The fourth-order valence-electron chi connectivity index (χ4n) is 3.03. The number of anilines is 1. The van der Waals surface area contributed by atoms with Gasteiger partial charge in [-0.3, -0.25) is 9.78 Å². The summed E-state index contributed by atoms with van der Waals surface area (Å²) in [5, 5.41) is 8.30. The molecule has 0 saturated heterocycles. The number of para-hydroxylation sites is 1. The molecular weight excluding hydrogens is 410 g/mol. The first-order valence-corrected chi connectivity index (χ1v) is 11.1. The second-order valence-corrected chi connectivity index (χ2v) is 8.27. The summed E-state index contributed by atoms with van der Waals surface area (Å²) in [6.07, 6.45) is 4.21. The van der Waals surface area contributed by atoms with Crippen molar-refractivity contribution in [1.82, 2.24) is 20.2 Å². The molecule has 0 aliphatic heterocycles. The molecule has 0 spiro atoms. The number of pyridine rings is 1. The van der Waals surface area contributed by atoms with Crippen molar-refractivity contribution < 1.29 is 9.59 Å². The van der Waals surface area contributed by atoms with Crippen molar-refractivity contribution in [2.24, 2.45) is 0 Å². The minimum Gasteiger partial charge on any atom is -0.347 e. The predicted molar refractivity (Wildman–Crippen MR) is 123 cm³/mol. The van der Waals surface area contributed by atoms with Crippen LogP contribution in [0.5, 0.6) is 0 Å². The van der Waals surface area contributed by atoms with Gasteiger partial charge in [-0.25, -0.2) is 9.78 Å². The van der Waals surface area contributed by atoms with E-state index in [0.717, 1.165) is 23.2 Å². The van der Waals surface area contributed by atoms with E-state index in [9.17, 15) is 9.59 Å². The number of carbonyl (C=O) groups is 2. The van der Waals surface area contributed by atoms with Gasteiger partial charge in [0, 0.05) is 36.0 Å². The summed E-state index contributed by atoms with van der Waals surface area (Å²) in [4.78, 5) is 35.5. The Kier molecular flexibility index (Phi) is 7.72. The number of aryl methyl sites for hydroxylation is 1. The lowest BCUT2D eigenvalue weighted by molar-refractivity contribution is 0.0946. The smallest absolute Gasteiger partial charge is 0.322 e. The van der Waals surface area contributed by atoms with Crippen molar-refractivity contribution >= 4 is 29.0 Å². The van der Waals surface area contributed by atoms with E-state index in [-0.39, 0.29) is 18.0 Å². The summed E-state index contributed by atoms with van der Waals surface area (Å²) in [7, 11) is 0. The van der Waals surface area contributed by atoms with Crippen molar-refractivity contribution in [3.8, 4) is 0 Å². The van der Waals surface area contributed by atoms with Gasteiger partial charge in [0.2, 0.25) is 0 Å². The zero-order chi connectivity index (χ0) is 22.2. The summed E-state index contributed by atoms with van der Waals surface area (Å²) >= 11 is 1.37.